The van der Waals surface area contributed by atoms with Gasteiger partial charge < -0.3 is 14.8 Å². The molecule has 6 nitrogen and oxygen atoms in total. The number of nitrogens with zero attached hydrogens (tertiary/aromatic N) is 2. The van der Waals surface area contributed by atoms with Crippen LogP contribution in [0.3, 0.4) is 0 Å². The molecule has 2 atom stereocenters. The van der Waals surface area contributed by atoms with E-state index in [2.05, 4.69) is 15.5 Å². The number of carbonyl (C=O) groups is 1. The number of hydrogen-bond acceptors (Lipinski definition) is 5. The molecule has 1 aliphatic rings. The van der Waals surface area contributed by atoms with Crippen LogP contribution in [0.2, 0.25) is 0 Å². The third-order valence-corrected chi connectivity index (χ3v) is 4.42. The van der Waals surface area contributed by atoms with Crippen molar-refractivity contribution in [3.05, 3.63) is 71.1 Å². The second-order valence-corrected chi connectivity index (χ2v) is 6.09. The van der Waals surface area contributed by atoms with Gasteiger partial charge in [0, 0.05) is 13.3 Å². The number of carbonyl (C=O) groups excluding carboxylic acids is 1. The van der Waals surface area contributed by atoms with Crippen LogP contribution in [-0.2, 0) is 6.42 Å². The minimum Gasteiger partial charge on any atom is -0.421 e. The SMILES string of the molecule is Cc1nnc(-c2ccccc2C(=O)N[C@@H]2c3ccccc3C[C@@H]2O)o1. The predicted octanol–water partition coefficient (Wildman–Crippen LogP) is 2.43. The van der Waals surface area contributed by atoms with E-state index in [1.807, 2.05) is 30.3 Å². The molecule has 1 aliphatic carbocycles. The molecule has 1 heterocycles. The fourth-order valence-electron chi connectivity index (χ4n) is 3.24. The van der Waals surface area contributed by atoms with E-state index in [0.29, 0.717) is 29.3 Å². The number of amides is 1. The standard InChI is InChI=1S/C19H17N3O3/c1-11-21-22-19(25-11)15-9-5-4-8-14(15)18(24)20-17-13-7-3-2-6-12(13)10-16(17)23/h2-9,16-17,23H,10H2,1H3,(H,20,24)/t16-,17+/m0/s1. The van der Waals surface area contributed by atoms with E-state index >= 15 is 0 Å². The number of aliphatic hydroxyl groups excluding tert-OH is 1. The molecule has 1 amide bonds. The van der Waals surface area contributed by atoms with E-state index in [9.17, 15) is 9.90 Å². The highest BCUT2D eigenvalue weighted by Gasteiger charge is 2.32. The van der Waals surface area contributed by atoms with Crippen LogP contribution in [0.15, 0.2) is 52.9 Å². The van der Waals surface area contributed by atoms with Gasteiger partial charge in [0.1, 0.15) is 0 Å². The van der Waals surface area contributed by atoms with Crippen LogP contribution in [-0.4, -0.2) is 27.3 Å². The second-order valence-electron chi connectivity index (χ2n) is 6.09. The molecule has 0 radical (unpaired) electrons. The molecule has 0 saturated heterocycles. The molecule has 1 aromatic heterocycles. The Morgan fingerprint density at radius 3 is 2.72 bits per heavy atom. The van der Waals surface area contributed by atoms with Crippen molar-refractivity contribution in [2.75, 3.05) is 0 Å². The lowest BCUT2D eigenvalue weighted by molar-refractivity contribution is 0.0858. The van der Waals surface area contributed by atoms with Crippen molar-refractivity contribution in [2.45, 2.75) is 25.5 Å². The van der Waals surface area contributed by atoms with Crippen LogP contribution in [0.1, 0.15) is 33.4 Å². The summed E-state index contributed by atoms with van der Waals surface area (Å²) < 4.78 is 5.46. The van der Waals surface area contributed by atoms with Crippen LogP contribution in [0, 0.1) is 6.92 Å². The summed E-state index contributed by atoms with van der Waals surface area (Å²) in [6.45, 7) is 1.70. The van der Waals surface area contributed by atoms with Gasteiger partial charge in [0.25, 0.3) is 5.91 Å². The maximum Gasteiger partial charge on any atom is 0.252 e. The number of rotatable bonds is 3. The van der Waals surface area contributed by atoms with Crippen molar-refractivity contribution < 1.29 is 14.3 Å². The zero-order valence-electron chi connectivity index (χ0n) is 13.6. The lowest BCUT2D eigenvalue weighted by atomic mass is 10.0. The Morgan fingerprint density at radius 1 is 1.16 bits per heavy atom. The Morgan fingerprint density at radius 2 is 1.92 bits per heavy atom. The Hall–Kier alpha value is -2.99. The molecule has 0 aliphatic heterocycles. The van der Waals surface area contributed by atoms with Crippen molar-refractivity contribution >= 4 is 5.91 Å². The van der Waals surface area contributed by atoms with Crippen LogP contribution < -0.4 is 5.32 Å². The van der Waals surface area contributed by atoms with Gasteiger partial charge in [0.15, 0.2) is 0 Å². The average Bonchev–Trinajstić information content (AvgIpc) is 3.19. The summed E-state index contributed by atoms with van der Waals surface area (Å²) in [5.74, 6) is 0.452. The summed E-state index contributed by atoms with van der Waals surface area (Å²) >= 11 is 0. The summed E-state index contributed by atoms with van der Waals surface area (Å²) in [6.07, 6.45) is -0.106. The Balaban J connectivity index is 1.65. The van der Waals surface area contributed by atoms with E-state index < -0.39 is 12.1 Å². The zero-order valence-corrected chi connectivity index (χ0v) is 13.6. The number of aliphatic hydroxyl groups is 1. The second kappa shape index (κ2) is 6.14. The highest BCUT2D eigenvalue weighted by Crippen LogP contribution is 2.32. The highest BCUT2D eigenvalue weighted by molar-refractivity contribution is 6.00. The third kappa shape index (κ3) is 2.81. The molecule has 2 N–H and O–H groups in total. The number of hydrogen-bond donors (Lipinski definition) is 2. The maximum atomic E-state index is 12.8. The minimum atomic E-state index is -0.640. The van der Waals surface area contributed by atoms with Crippen LogP contribution >= 0.6 is 0 Å². The van der Waals surface area contributed by atoms with E-state index in [0.717, 1.165) is 11.1 Å². The van der Waals surface area contributed by atoms with Gasteiger partial charge in [0.05, 0.1) is 23.3 Å². The smallest absolute Gasteiger partial charge is 0.252 e. The lowest BCUT2D eigenvalue weighted by Crippen LogP contribution is -2.34. The molecule has 4 rings (SSSR count). The number of aromatic nitrogens is 2. The number of nitrogens with one attached hydrogen (secondary N) is 1. The van der Waals surface area contributed by atoms with Crippen molar-refractivity contribution in [1.82, 2.24) is 15.5 Å². The van der Waals surface area contributed by atoms with E-state index in [1.54, 1.807) is 25.1 Å². The first-order chi connectivity index (χ1) is 12.1. The molecule has 0 unspecified atom stereocenters. The van der Waals surface area contributed by atoms with Gasteiger partial charge in [-0.3, -0.25) is 4.79 Å². The van der Waals surface area contributed by atoms with Gasteiger partial charge in [-0.25, -0.2) is 0 Å². The van der Waals surface area contributed by atoms with Gasteiger partial charge in [0.2, 0.25) is 11.8 Å². The molecule has 0 bridgehead atoms. The van der Waals surface area contributed by atoms with Crippen LogP contribution in [0.5, 0.6) is 0 Å². The zero-order chi connectivity index (χ0) is 17.4. The largest absolute Gasteiger partial charge is 0.421 e. The first kappa shape index (κ1) is 15.5. The molecular weight excluding hydrogens is 318 g/mol. The van der Waals surface area contributed by atoms with Crippen LogP contribution in [0.25, 0.3) is 11.5 Å². The molecule has 0 fully saturated rings. The minimum absolute atomic E-state index is 0.285. The van der Waals surface area contributed by atoms with Crippen LogP contribution in [0.4, 0.5) is 0 Å². The summed E-state index contributed by atoms with van der Waals surface area (Å²) in [7, 11) is 0. The third-order valence-electron chi connectivity index (χ3n) is 4.42. The quantitative estimate of drug-likeness (QED) is 0.767. The molecule has 0 spiro atoms. The maximum absolute atomic E-state index is 12.8. The van der Waals surface area contributed by atoms with Gasteiger partial charge in [-0.15, -0.1) is 10.2 Å². The Labute approximate surface area is 144 Å². The number of benzene rings is 2. The first-order valence-electron chi connectivity index (χ1n) is 8.09. The predicted molar refractivity (Wildman–Crippen MR) is 90.8 cm³/mol. The van der Waals surface area contributed by atoms with Crippen molar-refractivity contribution in [2.24, 2.45) is 0 Å². The average molecular weight is 335 g/mol. The summed E-state index contributed by atoms with van der Waals surface area (Å²) in [4.78, 5) is 12.8. The topological polar surface area (TPSA) is 88.2 Å². The number of aryl methyl sites for hydroxylation is 1. The monoisotopic (exact) mass is 335 g/mol. The molecule has 25 heavy (non-hydrogen) atoms. The summed E-state index contributed by atoms with van der Waals surface area (Å²) in [5, 5.41) is 21.1. The molecule has 2 aromatic carbocycles. The lowest BCUT2D eigenvalue weighted by Gasteiger charge is -2.18. The molecule has 3 aromatic rings. The van der Waals surface area contributed by atoms with E-state index in [1.165, 1.54) is 0 Å². The normalized spacial score (nSPS) is 18.8. The van der Waals surface area contributed by atoms with Gasteiger partial charge >= 0.3 is 0 Å². The molecule has 6 heteroatoms. The number of fused-ring (bicyclic) bond motifs is 1. The highest BCUT2D eigenvalue weighted by atomic mass is 16.4. The van der Waals surface area contributed by atoms with E-state index in [-0.39, 0.29) is 5.91 Å². The van der Waals surface area contributed by atoms with Gasteiger partial charge in [-0.1, -0.05) is 36.4 Å². The Kier molecular flexibility index (Phi) is 3.82. The fourth-order valence-corrected chi connectivity index (χ4v) is 3.24. The van der Waals surface area contributed by atoms with E-state index in [4.69, 9.17) is 4.42 Å². The van der Waals surface area contributed by atoms with Crippen molar-refractivity contribution in [1.29, 1.82) is 0 Å². The first-order valence-corrected chi connectivity index (χ1v) is 8.09. The Bertz CT molecular complexity index is 935. The van der Waals surface area contributed by atoms with Gasteiger partial charge in [-0.05, 0) is 23.3 Å². The van der Waals surface area contributed by atoms with Crippen molar-refractivity contribution in [3.8, 4) is 11.5 Å². The molecule has 0 saturated carbocycles. The fraction of sp³-hybridized carbons (Fsp3) is 0.211. The summed E-state index contributed by atoms with van der Waals surface area (Å²) in [6, 6.07) is 14.4. The molecular formula is C19H17N3O3. The summed E-state index contributed by atoms with van der Waals surface area (Å²) in [5.41, 5.74) is 3.01. The van der Waals surface area contributed by atoms with Gasteiger partial charge in [-0.2, -0.15) is 0 Å². The van der Waals surface area contributed by atoms with Crippen molar-refractivity contribution in [3.63, 3.8) is 0 Å². The molecule has 126 valence electrons.